The van der Waals surface area contributed by atoms with Crippen LogP contribution in [-0.2, 0) is 4.79 Å². The number of nitrogens with one attached hydrogen (secondary N) is 1. The smallest absolute Gasteiger partial charge is 0.277 e. The molecule has 3 rings (SSSR count). The summed E-state index contributed by atoms with van der Waals surface area (Å²) in [5, 5.41) is 11.1. The van der Waals surface area contributed by atoms with Crippen LogP contribution in [0.1, 0.15) is 0 Å². The average molecular weight is 450 g/mol. The van der Waals surface area contributed by atoms with Crippen LogP contribution >= 0.6 is 27.7 Å². The molecule has 0 atom stereocenters. The second-order valence-corrected chi connectivity index (χ2v) is 7.13. The molecule has 0 saturated heterocycles. The largest absolute Gasteiger partial charge is 0.497 e. The zero-order valence-electron chi connectivity index (χ0n) is 14.6. The number of anilines is 1. The number of hydrogen-bond acceptors (Lipinski definition) is 7. The molecule has 9 heteroatoms. The van der Waals surface area contributed by atoms with Crippen molar-refractivity contribution in [1.82, 2.24) is 10.2 Å². The van der Waals surface area contributed by atoms with Crippen molar-refractivity contribution in [3.05, 3.63) is 46.9 Å². The molecule has 0 aliphatic rings. The van der Waals surface area contributed by atoms with E-state index in [0.29, 0.717) is 28.3 Å². The van der Waals surface area contributed by atoms with Gasteiger partial charge in [-0.1, -0.05) is 27.7 Å². The Hall–Kier alpha value is -2.52. The highest BCUT2D eigenvalue weighted by atomic mass is 79.9. The van der Waals surface area contributed by atoms with Gasteiger partial charge in [-0.25, -0.2) is 0 Å². The molecular formula is C18H16BrN3O4S. The van der Waals surface area contributed by atoms with Crippen LogP contribution in [0.25, 0.3) is 11.5 Å². The molecule has 0 radical (unpaired) electrons. The topological polar surface area (TPSA) is 86.5 Å². The number of nitrogens with zero attached hydrogens (tertiary/aromatic N) is 2. The zero-order valence-corrected chi connectivity index (χ0v) is 17.0. The van der Waals surface area contributed by atoms with Gasteiger partial charge in [-0.15, -0.1) is 10.2 Å². The molecule has 2 aromatic carbocycles. The molecule has 0 aliphatic carbocycles. The van der Waals surface area contributed by atoms with E-state index in [1.807, 2.05) is 24.3 Å². The summed E-state index contributed by atoms with van der Waals surface area (Å²) in [7, 11) is 3.09. The van der Waals surface area contributed by atoms with Crippen molar-refractivity contribution in [3.8, 4) is 23.0 Å². The summed E-state index contributed by atoms with van der Waals surface area (Å²) in [6.07, 6.45) is 0. The third-order valence-corrected chi connectivity index (χ3v) is 4.85. The molecule has 0 aliphatic heterocycles. The molecule has 27 heavy (non-hydrogen) atoms. The molecule has 1 aromatic heterocycles. The van der Waals surface area contributed by atoms with Gasteiger partial charge in [0, 0.05) is 16.1 Å². The van der Waals surface area contributed by atoms with Gasteiger partial charge in [0.25, 0.3) is 5.22 Å². The van der Waals surface area contributed by atoms with Crippen LogP contribution in [0, 0.1) is 0 Å². The van der Waals surface area contributed by atoms with Gasteiger partial charge < -0.3 is 19.2 Å². The van der Waals surface area contributed by atoms with Crippen molar-refractivity contribution in [2.75, 3.05) is 25.3 Å². The summed E-state index contributed by atoms with van der Waals surface area (Å²) >= 11 is 4.53. The number of amides is 1. The Balaban J connectivity index is 1.61. The number of benzene rings is 2. The van der Waals surface area contributed by atoms with Crippen LogP contribution in [0.4, 0.5) is 5.69 Å². The third-order valence-electron chi connectivity index (χ3n) is 3.51. The van der Waals surface area contributed by atoms with E-state index in [9.17, 15) is 4.79 Å². The molecule has 0 saturated carbocycles. The van der Waals surface area contributed by atoms with Crippen molar-refractivity contribution in [1.29, 1.82) is 0 Å². The zero-order chi connectivity index (χ0) is 19.2. The lowest BCUT2D eigenvalue weighted by Gasteiger charge is -2.11. The number of hydrogen-bond donors (Lipinski definition) is 1. The summed E-state index contributed by atoms with van der Waals surface area (Å²) in [4.78, 5) is 12.2. The van der Waals surface area contributed by atoms with E-state index in [1.165, 1.54) is 7.11 Å². The molecule has 1 amide bonds. The predicted molar refractivity (Wildman–Crippen MR) is 106 cm³/mol. The Bertz CT molecular complexity index is 931. The Morgan fingerprint density at radius 3 is 2.63 bits per heavy atom. The number of ether oxygens (including phenoxy) is 2. The van der Waals surface area contributed by atoms with Gasteiger partial charge in [-0.05, 0) is 36.4 Å². The van der Waals surface area contributed by atoms with Crippen LogP contribution < -0.4 is 14.8 Å². The lowest BCUT2D eigenvalue weighted by atomic mass is 10.2. The van der Waals surface area contributed by atoms with Crippen LogP contribution in [0.3, 0.4) is 0 Å². The van der Waals surface area contributed by atoms with Crippen LogP contribution in [0.15, 0.2) is 56.6 Å². The van der Waals surface area contributed by atoms with Gasteiger partial charge in [0.05, 0.1) is 25.7 Å². The van der Waals surface area contributed by atoms with Crippen molar-refractivity contribution in [2.45, 2.75) is 5.22 Å². The number of halogens is 1. The van der Waals surface area contributed by atoms with Gasteiger partial charge in [0.15, 0.2) is 0 Å². The van der Waals surface area contributed by atoms with E-state index >= 15 is 0 Å². The van der Waals surface area contributed by atoms with Gasteiger partial charge in [-0.2, -0.15) is 0 Å². The Labute approximate surface area is 168 Å². The minimum absolute atomic E-state index is 0.113. The molecule has 7 nitrogen and oxygen atoms in total. The highest BCUT2D eigenvalue weighted by Crippen LogP contribution is 2.29. The summed E-state index contributed by atoms with van der Waals surface area (Å²) in [6.45, 7) is 0. The van der Waals surface area contributed by atoms with Crippen molar-refractivity contribution in [2.24, 2.45) is 0 Å². The van der Waals surface area contributed by atoms with E-state index < -0.39 is 0 Å². The van der Waals surface area contributed by atoms with Crippen molar-refractivity contribution >= 4 is 39.3 Å². The van der Waals surface area contributed by atoms with E-state index in [1.54, 1.807) is 25.3 Å². The van der Waals surface area contributed by atoms with Crippen LogP contribution in [-0.4, -0.2) is 36.1 Å². The number of methoxy groups -OCH3 is 2. The third kappa shape index (κ3) is 5.01. The SMILES string of the molecule is COc1ccc(OC)c(NC(=O)CSc2nnc(-c3ccc(Br)cc3)o2)c1. The fourth-order valence-electron chi connectivity index (χ4n) is 2.20. The maximum atomic E-state index is 12.2. The fourth-order valence-corrected chi connectivity index (χ4v) is 3.03. The number of carbonyl (C=O) groups is 1. The molecule has 0 fully saturated rings. The van der Waals surface area contributed by atoms with E-state index in [2.05, 4.69) is 31.4 Å². The Kier molecular flexibility index (Phi) is 6.36. The molecule has 140 valence electrons. The van der Waals surface area contributed by atoms with Gasteiger partial charge in [-0.3, -0.25) is 4.79 Å². The minimum atomic E-state index is -0.227. The summed E-state index contributed by atoms with van der Waals surface area (Å²) < 4.78 is 17.0. The first-order valence-corrected chi connectivity index (χ1v) is 9.61. The van der Waals surface area contributed by atoms with Gasteiger partial charge >= 0.3 is 0 Å². The lowest BCUT2D eigenvalue weighted by Crippen LogP contribution is -2.14. The van der Waals surface area contributed by atoms with Gasteiger partial charge in [0.2, 0.25) is 11.8 Å². The van der Waals surface area contributed by atoms with Crippen LogP contribution in [0.2, 0.25) is 0 Å². The maximum absolute atomic E-state index is 12.2. The maximum Gasteiger partial charge on any atom is 0.277 e. The van der Waals surface area contributed by atoms with Crippen molar-refractivity contribution in [3.63, 3.8) is 0 Å². The molecular weight excluding hydrogens is 434 g/mol. The number of carbonyl (C=O) groups excluding carboxylic acids is 1. The fraction of sp³-hybridized carbons (Fsp3) is 0.167. The number of thioether (sulfide) groups is 1. The highest BCUT2D eigenvalue weighted by molar-refractivity contribution is 9.10. The van der Waals surface area contributed by atoms with E-state index in [-0.39, 0.29) is 11.7 Å². The lowest BCUT2D eigenvalue weighted by molar-refractivity contribution is -0.113. The summed E-state index contributed by atoms with van der Waals surface area (Å²) in [5.41, 5.74) is 1.34. The molecule has 0 bridgehead atoms. The molecule has 1 N–H and O–H groups in total. The molecule has 0 unspecified atom stereocenters. The standard InChI is InChI=1S/C18H16BrN3O4S/c1-24-13-7-8-15(25-2)14(9-13)20-16(23)10-27-18-22-21-17(26-18)11-3-5-12(19)6-4-11/h3-9H,10H2,1-2H3,(H,20,23). The molecule has 3 aromatic rings. The second kappa shape index (κ2) is 8.92. The number of rotatable bonds is 7. The monoisotopic (exact) mass is 449 g/mol. The summed E-state index contributed by atoms with van der Waals surface area (Å²) in [6, 6.07) is 12.7. The normalized spacial score (nSPS) is 10.5. The highest BCUT2D eigenvalue weighted by Gasteiger charge is 2.13. The van der Waals surface area contributed by atoms with E-state index in [0.717, 1.165) is 21.8 Å². The van der Waals surface area contributed by atoms with Gasteiger partial charge in [0.1, 0.15) is 11.5 Å². The summed E-state index contributed by atoms with van der Waals surface area (Å²) in [5.74, 6) is 1.46. The molecule has 0 spiro atoms. The van der Waals surface area contributed by atoms with Crippen molar-refractivity contribution < 1.29 is 18.7 Å². The number of aromatic nitrogens is 2. The Morgan fingerprint density at radius 1 is 1.15 bits per heavy atom. The first-order chi connectivity index (χ1) is 13.1. The first kappa shape index (κ1) is 19.2. The quantitative estimate of drug-likeness (QED) is 0.539. The predicted octanol–water partition coefficient (Wildman–Crippen LogP) is 4.25. The second-order valence-electron chi connectivity index (χ2n) is 5.28. The first-order valence-electron chi connectivity index (χ1n) is 7.83. The van der Waals surface area contributed by atoms with E-state index in [4.69, 9.17) is 13.9 Å². The minimum Gasteiger partial charge on any atom is -0.497 e. The Morgan fingerprint density at radius 2 is 1.93 bits per heavy atom. The van der Waals surface area contributed by atoms with Crippen LogP contribution in [0.5, 0.6) is 11.5 Å². The molecule has 1 heterocycles. The average Bonchev–Trinajstić information content (AvgIpc) is 3.16.